The van der Waals surface area contributed by atoms with Crippen LogP contribution in [-0.4, -0.2) is 4.57 Å². The van der Waals surface area contributed by atoms with Crippen molar-refractivity contribution in [2.75, 3.05) is 0 Å². The standard InChI is InChI=1S/C17H24N2O/c1-19-15(3-2-12(9-18)17(19)20)16-13-5-10-4-11(7-13)8-14(16)6-10/h2-3,10-11,13-14,16H,4-9,18H2,1H3. The minimum absolute atomic E-state index is 0.110. The molecule has 4 saturated carbocycles. The molecule has 1 heterocycles. The zero-order valence-corrected chi connectivity index (χ0v) is 12.2. The van der Waals surface area contributed by atoms with Crippen molar-refractivity contribution in [1.29, 1.82) is 0 Å². The average Bonchev–Trinajstić information content (AvgIpc) is 2.42. The van der Waals surface area contributed by atoms with Crippen LogP contribution < -0.4 is 11.3 Å². The summed E-state index contributed by atoms with van der Waals surface area (Å²) in [7, 11) is 1.93. The molecule has 2 N–H and O–H groups in total. The molecule has 1 aromatic rings. The van der Waals surface area contributed by atoms with Crippen molar-refractivity contribution in [3.8, 4) is 0 Å². The summed E-state index contributed by atoms with van der Waals surface area (Å²) >= 11 is 0. The van der Waals surface area contributed by atoms with Crippen molar-refractivity contribution in [2.24, 2.45) is 36.5 Å². The minimum Gasteiger partial charge on any atom is -0.326 e. The third-order valence-corrected chi connectivity index (χ3v) is 6.21. The average molecular weight is 272 g/mol. The highest BCUT2D eigenvalue weighted by molar-refractivity contribution is 5.22. The molecule has 0 aromatic carbocycles. The van der Waals surface area contributed by atoms with E-state index in [-0.39, 0.29) is 5.56 Å². The van der Waals surface area contributed by atoms with Gasteiger partial charge in [0.05, 0.1) is 0 Å². The van der Waals surface area contributed by atoms with Crippen LogP contribution in [0.25, 0.3) is 0 Å². The van der Waals surface area contributed by atoms with E-state index < -0.39 is 0 Å². The minimum atomic E-state index is 0.110. The van der Waals surface area contributed by atoms with Crippen molar-refractivity contribution >= 4 is 0 Å². The zero-order valence-electron chi connectivity index (χ0n) is 12.2. The molecule has 0 radical (unpaired) electrons. The molecule has 0 amide bonds. The Morgan fingerprint density at radius 3 is 2.25 bits per heavy atom. The summed E-state index contributed by atoms with van der Waals surface area (Å²) in [6.07, 6.45) is 7.05. The molecular weight excluding hydrogens is 248 g/mol. The van der Waals surface area contributed by atoms with E-state index in [1.54, 1.807) is 0 Å². The van der Waals surface area contributed by atoms with Gasteiger partial charge in [-0.3, -0.25) is 4.79 Å². The summed E-state index contributed by atoms with van der Waals surface area (Å²) < 4.78 is 1.88. The van der Waals surface area contributed by atoms with Gasteiger partial charge in [-0.15, -0.1) is 0 Å². The van der Waals surface area contributed by atoms with E-state index in [0.717, 1.165) is 29.2 Å². The predicted octanol–water partition coefficient (Wildman–Crippen LogP) is 2.38. The van der Waals surface area contributed by atoms with Crippen LogP contribution in [0.3, 0.4) is 0 Å². The Labute approximate surface area is 120 Å². The Hall–Kier alpha value is -1.09. The highest BCUT2D eigenvalue weighted by atomic mass is 16.1. The summed E-state index contributed by atoms with van der Waals surface area (Å²) in [5, 5.41) is 0. The second kappa shape index (κ2) is 4.45. The van der Waals surface area contributed by atoms with Gasteiger partial charge in [-0.05, 0) is 61.8 Å². The third kappa shape index (κ3) is 1.72. The largest absolute Gasteiger partial charge is 0.326 e. The second-order valence-electron chi connectivity index (χ2n) is 7.31. The number of nitrogens with zero attached hydrogens (tertiary/aromatic N) is 1. The molecule has 4 aliphatic rings. The number of hydrogen-bond donors (Lipinski definition) is 1. The third-order valence-electron chi connectivity index (χ3n) is 6.21. The number of pyridine rings is 1. The molecule has 3 nitrogen and oxygen atoms in total. The van der Waals surface area contributed by atoms with Crippen LogP contribution in [-0.2, 0) is 13.6 Å². The molecule has 4 fully saturated rings. The summed E-state index contributed by atoms with van der Waals surface area (Å²) in [5.74, 6) is 4.22. The first-order valence-corrected chi connectivity index (χ1v) is 8.06. The van der Waals surface area contributed by atoms with E-state index in [1.165, 1.54) is 37.8 Å². The van der Waals surface area contributed by atoms with E-state index >= 15 is 0 Å². The van der Waals surface area contributed by atoms with Crippen molar-refractivity contribution in [2.45, 2.75) is 44.6 Å². The maximum Gasteiger partial charge on any atom is 0.254 e. The van der Waals surface area contributed by atoms with E-state index in [0.29, 0.717) is 12.5 Å². The molecule has 0 saturated heterocycles. The van der Waals surface area contributed by atoms with Crippen LogP contribution in [0.2, 0.25) is 0 Å². The van der Waals surface area contributed by atoms with Gasteiger partial charge in [0, 0.05) is 30.8 Å². The van der Waals surface area contributed by atoms with E-state index in [2.05, 4.69) is 6.07 Å². The first-order chi connectivity index (χ1) is 9.67. The van der Waals surface area contributed by atoms with Crippen LogP contribution in [0.5, 0.6) is 0 Å². The lowest BCUT2D eigenvalue weighted by atomic mass is 9.51. The first-order valence-electron chi connectivity index (χ1n) is 8.06. The lowest BCUT2D eigenvalue weighted by Gasteiger charge is -2.54. The molecule has 0 spiro atoms. The Balaban J connectivity index is 1.75. The molecule has 5 rings (SSSR count). The van der Waals surface area contributed by atoms with Gasteiger partial charge in [0.15, 0.2) is 0 Å². The van der Waals surface area contributed by atoms with Crippen molar-refractivity contribution in [3.63, 3.8) is 0 Å². The number of nitrogens with two attached hydrogens (primary N) is 1. The van der Waals surface area contributed by atoms with Crippen molar-refractivity contribution in [1.82, 2.24) is 4.57 Å². The number of rotatable bonds is 2. The zero-order chi connectivity index (χ0) is 13.9. The molecular formula is C17H24N2O. The van der Waals surface area contributed by atoms with Gasteiger partial charge < -0.3 is 10.3 Å². The van der Waals surface area contributed by atoms with E-state index in [9.17, 15) is 4.79 Å². The summed E-state index contributed by atoms with van der Waals surface area (Å²) in [6, 6.07) is 4.14. The maximum absolute atomic E-state index is 12.3. The number of aromatic nitrogens is 1. The van der Waals surface area contributed by atoms with Gasteiger partial charge in [-0.1, -0.05) is 6.07 Å². The number of hydrogen-bond acceptors (Lipinski definition) is 2. The van der Waals surface area contributed by atoms with Crippen LogP contribution in [0.15, 0.2) is 16.9 Å². The molecule has 4 bridgehead atoms. The lowest BCUT2D eigenvalue weighted by molar-refractivity contribution is -0.00534. The Morgan fingerprint density at radius 1 is 1.10 bits per heavy atom. The fourth-order valence-electron chi connectivity index (χ4n) is 5.60. The Bertz CT molecular complexity index is 561. The van der Waals surface area contributed by atoms with Crippen LogP contribution in [0, 0.1) is 23.7 Å². The summed E-state index contributed by atoms with van der Waals surface area (Å²) in [5.41, 5.74) is 7.76. The maximum atomic E-state index is 12.3. The lowest BCUT2D eigenvalue weighted by Crippen LogP contribution is -2.45. The predicted molar refractivity (Wildman–Crippen MR) is 79.4 cm³/mol. The van der Waals surface area contributed by atoms with Crippen molar-refractivity contribution < 1.29 is 0 Å². The fourth-order valence-corrected chi connectivity index (χ4v) is 5.60. The smallest absolute Gasteiger partial charge is 0.254 e. The van der Waals surface area contributed by atoms with Crippen molar-refractivity contribution in [3.05, 3.63) is 33.7 Å². The highest BCUT2D eigenvalue weighted by Gasteiger charge is 2.49. The monoisotopic (exact) mass is 272 g/mol. The Morgan fingerprint density at radius 2 is 1.70 bits per heavy atom. The Kier molecular flexibility index (Phi) is 2.81. The molecule has 1 aromatic heterocycles. The van der Waals surface area contributed by atoms with Gasteiger partial charge in [-0.2, -0.15) is 0 Å². The van der Waals surface area contributed by atoms with Gasteiger partial charge in [0.25, 0.3) is 5.56 Å². The second-order valence-corrected chi connectivity index (χ2v) is 7.31. The molecule has 4 aliphatic carbocycles. The summed E-state index contributed by atoms with van der Waals surface area (Å²) in [4.78, 5) is 12.3. The SMILES string of the molecule is Cn1c(C2C3CC4CC(C3)CC2C4)ccc(CN)c1=O. The molecule has 0 aliphatic heterocycles. The summed E-state index contributed by atoms with van der Waals surface area (Å²) in [6.45, 7) is 0.342. The molecule has 108 valence electrons. The van der Waals surface area contributed by atoms with E-state index in [4.69, 9.17) is 5.73 Å². The normalized spacial score (nSPS) is 38.4. The molecule has 0 unspecified atom stereocenters. The topological polar surface area (TPSA) is 48.0 Å². The molecule has 3 heteroatoms. The van der Waals surface area contributed by atoms with Gasteiger partial charge in [0.1, 0.15) is 0 Å². The first kappa shape index (κ1) is 12.6. The van der Waals surface area contributed by atoms with Gasteiger partial charge >= 0.3 is 0 Å². The fraction of sp³-hybridized carbons (Fsp3) is 0.706. The molecule has 20 heavy (non-hydrogen) atoms. The van der Waals surface area contributed by atoms with Crippen LogP contribution >= 0.6 is 0 Å². The van der Waals surface area contributed by atoms with Gasteiger partial charge in [-0.25, -0.2) is 0 Å². The molecule has 0 atom stereocenters. The van der Waals surface area contributed by atoms with Crippen LogP contribution in [0.4, 0.5) is 0 Å². The van der Waals surface area contributed by atoms with Crippen LogP contribution in [0.1, 0.15) is 49.3 Å². The highest BCUT2D eigenvalue weighted by Crippen LogP contribution is 2.59. The van der Waals surface area contributed by atoms with Gasteiger partial charge in [0.2, 0.25) is 0 Å². The van der Waals surface area contributed by atoms with E-state index in [1.807, 2.05) is 17.7 Å². The quantitative estimate of drug-likeness (QED) is 0.898.